The van der Waals surface area contributed by atoms with Crippen molar-refractivity contribution in [3.8, 4) is 34.4 Å². The molecule has 5 rings (SSSR count). The fourth-order valence-electron chi connectivity index (χ4n) is 3.47. The lowest BCUT2D eigenvalue weighted by Gasteiger charge is -2.08. The van der Waals surface area contributed by atoms with Crippen LogP contribution in [0.3, 0.4) is 0 Å². The number of benzene rings is 2. The number of fused-ring (bicyclic) bond motifs is 5. The van der Waals surface area contributed by atoms with E-state index in [-0.39, 0.29) is 0 Å². The van der Waals surface area contributed by atoms with Gasteiger partial charge in [-0.2, -0.15) is 5.26 Å². The highest BCUT2D eigenvalue weighted by atomic mass is 15.1. The van der Waals surface area contributed by atoms with Gasteiger partial charge in [0, 0.05) is 30.7 Å². The quantitative estimate of drug-likeness (QED) is 0.463. The van der Waals surface area contributed by atoms with Crippen LogP contribution in [-0.4, -0.2) is 14.1 Å². The second-order valence-corrected chi connectivity index (χ2v) is 6.18. The average Bonchev–Trinajstić information content (AvgIpc) is 3.27. The Balaban J connectivity index is 1.68. The molecule has 4 aromatic rings. The van der Waals surface area contributed by atoms with Crippen LogP contribution in [0.1, 0.15) is 11.1 Å². The highest BCUT2D eigenvalue weighted by Crippen LogP contribution is 2.33. The monoisotopic (exact) mass is 322 g/mol. The Morgan fingerprint density at radius 1 is 1.00 bits per heavy atom. The van der Waals surface area contributed by atoms with E-state index in [0.717, 1.165) is 29.2 Å². The number of nitrogens with zero attached hydrogens (tertiary/aromatic N) is 4. The van der Waals surface area contributed by atoms with Crippen molar-refractivity contribution >= 4 is 0 Å². The van der Waals surface area contributed by atoms with Gasteiger partial charge in [-0.1, -0.05) is 30.3 Å². The maximum absolute atomic E-state index is 8.98. The predicted molar refractivity (Wildman–Crippen MR) is 96.2 cm³/mol. The molecule has 1 aliphatic rings. The van der Waals surface area contributed by atoms with Gasteiger partial charge in [-0.3, -0.25) is 4.57 Å². The predicted octanol–water partition coefficient (Wildman–Crippen LogP) is 4.24. The zero-order valence-corrected chi connectivity index (χ0v) is 13.4. The molecule has 118 valence electrons. The molecule has 0 bridgehead atoms. The molecule has 4 nitrogen and oxygen atoms in total. The molecule has 1 aliphatic heterocycles. The second-order valence-electron chi connectivity index (χ2n) is 6.18. The molecule has 0 saturated heterocycles. The van der Waals surface area contributed by atoms with E-state index in [0.29, 0.717) is 5.56 Å². The summed E-state index contributed by atoms with van der Waals surface area (Å²) in [4.78, 5) is 4.59. The topological polar surface area (TPSA) is 46.5 Å². The zero-order chi connectivity index (χ0) is 16.8. The number of hydrogen-bond donors (Lipinski definition) is 0. The van der Waals surface area contributed by atoms with E-state index in [1.165, 1.54) is 11.3 Å². The summed E-state index contributed by atoms with van der Waals surface area (Å²) in [5.74, 6) is 0.949. The summed E-state index contributed by atoms with van der Waals surface area (Å²) in [7, 11) is 0. The van der Waals surface area contributed by atoms with Gasteiger partial charge in [0.1, 0.15) is 0 Å². The van der Waals surface area contributed by atoms with Crippen LogP contribution in [0.5, 0.6) is 0 Å². The maximum atomic E-state index is 8.98. The summed E-state index contributed by atoms with van der Waals surface area (Å²) in [5, 5.41) is 8.98. The first-order valence-corrected chi connectivity index (χ1v) is 8.16. The molecule has 0 atom stereocenters. The van der Waals surface area contributed by atoms with Gasteiger partial charge in [-0.05, 0) is 35.4 Å². The van der Waals surface area contributed by atoms with Crippen molar-refractivity contribution in [2.75, 3.05) is 0 Å². The minimum absolute atomic E-state index is 0.675. The van der Waals surface area contributed by atoms with E-state index in [4.69, 9.17) is 5.26 Å². The first kappa shape index (κ1) is 13.8. The first-order chi connectivity index (χ1) is 12.3. The molecule has 0 amide bonds. The van der Waals surface area contributed by atoms with Crippen molar-refractivity contribution in [1.82, 2.24) is 14.1 Å². The fraction of sp³-hybridized carbons (Fsp3) is 0.0476. The molecule has 2 aromatic carbocycles. The number of aromatic nitrogens is 3. The summed E-state index contributed by atoms with van der Waals surface area (Å²) in [6.07, 6.45) is 6.02. The molecule has 0 spiro atoms. The summed E-state index contributed by atoms with van der Waals surface area (Å²) >= 11 is 0. The zero-order valence-electron chi connectivity index (χ0n) is 13.4. The van der Waals surface area contributed by atoms with E-state index < -0.39 is 0 Å². The van der Waals surface area contributed by atoms with Gasteiger partial charge >= 0.3 is 0 Å². The summed E-state index contributed by atoms with van der Waals surface area (Å²) in [6, 6.07) is 20.5. The normalized spacial score (nSPS) is 11.8. The van der Waals surface area contributed by atoms with E-state index in [9.17, 15) is 0 Å². The van der Waals surface area contributed by atoms with Gasteiger partial charge < -0.3 is 4.57 Å². The fourth-order valence-corrected chi connectivity index (χ4v) is 3.47. The van der Waals surface area contributed by atoms with Crippen molar-refractivity contribution < 1.29 is 0 Å². The summed E-state index contributed by atoms with van der Waals surface area (Å²) in [5.41, 5.74) is 6.45. The Bertz CT molecular complexity index is 1120. The lowest BCUT2D eigenvalue weighted by atomic mass is 10.1. The number of para-hydroxylation sites is 1. The Morgan fingerprint density at radius 2 is 1.84 bits per heavy atom. The highest BCUT2D eigenvalue weighted by Gasteiger charge is 2.20. The molecule has 0 fully saturated rings. The Hall–Kier alpha value is -3.58. The number of nitriles is 1. The van der Waals surface area contributed by atoms with Crippen LogP contribution in [0.15, 0.2) is 73.2 Å². The van der Waals surface area contributed by atoms with Crippen LogP contribution in [0.4, 0.5) is 0 Å². The Labute approximate surface area is 145 Å². The van der Waals surface area contributed by atoms with Crippen molar-refractivity contribution in [1.29, 1.82) is 5.26 Å². The standard InChI is InChI=1S/C21H14N4/c22-12-15-5-7-16(8-6-15)18-11-20-21-23-9-10-25(21)19-4-2-1-3-17(19)13-24(20)14-18/h1-11,14H,13H2. The summed E-state index contributed by atoms with van der Waals surface area (Å²) in [6.45, 7) is 0.811. The van der Waals surface area contributed by atoms with Crippen molar-refractivity contribution in [2.45, 2.75) is 6.54 Å². The van der Waals surface area contributed by atoms with Crippen LogP contribution >= 0.6 is 0 Å². The minimum Gasteiger partial charge on any atom is -0.340 e. The number of hydrogen-bond acceptors (Lipinski definition) is 2. The van der Waals surface area contributed by atoms with E-state index in [1.807, 2.05) is 36.7 Å². The van der Waals surface area contributed by atoms with Crippen molar-refractivity contribution in [2.24, 2.45) is 0 Å². The molecule has 0 radical (unpaired) electrons. The molecule has 3 heterocycles. The van der Waals surface area contributed by atoms with Crippen LogP contribution in [0.2, 0.25) is 0 Å². The van der Waals surface area contributed by atoms with Gasteiger partial charge in [-0.25, -0.2) is 4.98 Å². The van der Waals surface area contributed by atoms with Crippen molar-refractivity contribution in [3.05, 3.63) is 84.3 Å². The molecule has 0 unspecified atom stereocenters. The third-order valence-corrected chi connectivity index (χ3v) is 4.71. The van der Waals surface area contributed by atoms with Crippen LogP contribution in [0.25, 0.3) is 28.3 Å². The maximum Gasteiger partial charge on any atom is 0.161 e. The second kappa shape index (κ2) is 5.22. The molecule has 0 aliphatic carbocycles. The molecule has 2 aromatic heterocycles. The minimum atomic E-state index is 0.675. The summed E-state index contributed by atoms with van der Waals surface area (Å²) < 4.78 is 4.40. The molecule has 0 N–H and O–H groups in total. The third-order valence-electron chi connectivity index (χ3n) is 4.71. The van der Waals surface area contributed by atoms with Crippen LogP contribution in [-0.2, 0) is 6.54 Å². The van der Waals surface area contributed by atoms with Crippen molar-refractivity contribution in [3.63, 3.8) is 0 Å². The number of rotatable bonds is 1. The average molecular weight is 322 g/mol. The lowest BCUT2D eigenvalue weighted by Crippen LogP contribution is -1.99. The van der Waals surface area contributed by atoms with Gasteiger partial charge in [-0.15, -0.1) is 0 Å². The Morgan fingerprint density at radius 3 is 2.68 bits per heavy atom. The van der Waals surface area contributed by atoms with Gasteiger partial charge in [0.15, 0.2) is 5.82 Å². The molecular weight excluding hydrogens is 308 g/mol. The van der Waals surface area contributed by atoms with E-state index >= 15 is 0 Å². The van der Waals surface area contributed by atoms with E-state index in [2.05, 4.69) is 56.7 Å². The molecule has 25 heavy (non-hydrogen) atoms. The number of imidazole rings is 1. The van der Waals surface area contributed by atoms with E-state index in [1.54, 1.807) is 0 Å². The van der Waals surface area contributed by atoms with Gasteiger partial charge in [0.05, 0.1) is 23.0 Å². The third kappa shape index (κ3) is 2.10. The Kier molecular flexibility index (Phi) is 2.88. The highest BCUT2D eigenvalue weighted by molar-refractivity contribution is 5.72. The smallest absolute Gasteiger partial charge is 0.161 e. The largest absolute Gasteiger partial charge is 0.340 e. The van der Waals surface area contributed by atoms with Gasteiger partial charge in [0.25, 0.3) is 0 Å². The van der Waals surface area contributed by atoms with Crippen LogP contribution in [0, 0.1) is 11.3 Å². The lowest BCUT2D eigenvalue weighted by molar-refractivity contribution is 0.819. The van der Waals surface area contributed by atoms with Gasteiger partial charge in [0.2, 0.25) is 0 Å². The first-order valence-electron chi connectivity index (χ1n) is 8.16. The van der Waals surface area contributed by atoms with Crippen LogP contribution < -0.4 is 0 Å². The SMILES string of the molecule is N#Cc1ccc(-c2cc3n(c2)Cc2ccccc2-n2ccnc2-3)cc1. The molecule has 4 heteroatoms. The molecular formula is C21H14N4. The molecule has 0 saturated carbocycles.